The Balaban J connectivity index is 1.87. The van der Waals surface area contributed by atoms with Gasteiger partial charge in [-0.2, -0.15) is 0 Å². The maximum Gasteiger partial charge on any atom is 0.251 e. The molecule has 0 spiro atoms. The molecule has 1 N–H and O–H groups in total. The molecule has 0 amide bonds. The van der Waals surface area contributed by atoms with Crippen LogP contribution in [-0.2, 0) is 0 Å². The maximum atomic E-state index is 5.75. The molecule has 0 bridgehead atoms. The first-order valence-corrected chi connectivity index (χ1v) is 6.15. The lowest BCUT2D eigenvalue weighted by atomic mass is 10.00. The van der Waals surface area contributed by atoms with Crippen molar-refractivity contribution in [3.8, 4) is 11.5 Å². The van der Waals surface area contributed by atoms with E-state index in [1.807, 2.05) is 6.92 Å². The van der Waals surface area contributed by atoms with Gasteiger partial charge in [-0.25, -0.2) is 9.97 Å². The van der Waals surface area contributed by atoms with Gasteiger partial charge in [-0.3, -0.25) is 0 Å². The van der Waals surface area contributed by atoms with Crippen LogP contribution in [0.5, 0.6) is 0 Å². The van der Waals surface area contributed by atoms with Gasteiger partial charge in [0, 0.05) is 18.7 Å². The standard InChI is InChI=1S/C12H15N5O/c1-8-10(6-14-7-15-8)12-17-16-11(18-12)9-3-2-4-13-5-9/h6-7,9,13H,2-5H2,1H3/t9-/m0/s1. The summed E-state index contributed by atoms with van der Waals surface area (Å²) in [7, 11) is 0. The average Bonchev–Trinajstić information content (AvgIpc) is 2.90. The van der Waals surface area contributed by atoms with Crippen LogP contribution < -0.4 is 5.32 Å². The third-order valence-electron chi connectivity index (χ3n) is 3.23. The first kappa shape index (κ1) is 11.3. The Kier molecular flexibility index (Phi) is 3.02. The zero-order valence-corrected chi connectivity index (χ0v) is 10.3. The van der Waals surface area contributed by atoms with Gasteiger partial charge in [0.05, 0.1) is 11.3 Å². The summed E-state index contributed by atoms with van der Waals surface area (Å²) in [6, 6.07) is 0. The van der Waals surface area contributed by atoms with Crippen LogP contribution in [0.3, 0.4) is 0 Å². The molecule has 0 aromatic carbocycles. The van der Waals surface area contributed by atoms with Crippen LogP contribution >= 0.6 is 0 Å². The van der Waals surface area contributed by atoms with Crippen molar-refractivity contribution in [1.29, 1.82) is 0 Å². The minimum atomic E-state index is 0.324. The summed E-state index contributed by atoms with van der Waals surface area (Å²) in [5.41, 5.74) is 1.65. The Hall–Kier alpha value is -1.82. The third-order valence-corrected chi connectivity index (χ3v) is 3.23. The van der Waals surface area contributed by atoms with E-state index in [1.165, 1.54) is 6.33 Å². The Morgan fingerprint density at radius 3 is 3.11 bits per heavy atom. The lowest BCUT2D eigenvalue weighted by Gasteiger charge is -2.18. The molecule has 1 atom stereocenters. The molecule has 6 nitrogen and oxygen atoms in total. The van der Waals surface area contributed by atoms with Crippen molar-refractivity contribution in [1.82, 2.24) is 25.5 Å². The molecule has 2 aromatic rings. The fourth-order valence-electron chi connectivity index (χ4n) is 2.17. The molecule has 0 saturated carbocycles. The summed E-state index contributed by atoms with van der Waals surface area (Å²) in [6.45, 7) is 3.89. The van der Waals surface area contributed by atoms with Gasteiger partial charge in [0.15, 0.2) is 0 Å². The Bertz CT molecular complexity index is 533. The molecule has 1 aliphatic heterocycles. The third kappa shape index (κ3) is 2.11. The lowest BCUT2D eigenvalue weighted by Crippen LogP contribution is -2.28. The number of aryl methyl sites for hydroxylation is 1. The smallest absolute Gasteiger partial charge is 0.251 e. The van der Waals surface area contributed by atoms with Crippen LogP contribution in [0, 0.1) is 6.92 Å². The summed E-state index contributed by atoms with van der Waals surface area (Å²) >= 11 is 0. The fourth-order valence-corrected chi connectivity index (χ4v) is 2.17. The predicted molar refractivity (Wildman–Crippen MR) is 64.9 cm³/mol. The topological polar surface area (TPSA) is 76.7 Å². The monoisotopic (exact) mass is 245 g/mol. The summed E-state index contributed by atoms with van der Waals surface area (Å²) < 4.78 is 5.75. The molecule has 94 valence electrons. The number of rotatable bonds is 2. The molecule has 2 aromatic heterocycles. The van der Waals surface area contributed by atoms with Crippen molar-refractivity contribution in [3.05, 3.63) is 24.1 Å². The quantitative estimate of drug-likeness (QED) is 0.859. The largest absolute Gasteiger partial charge is 0.420 e. The number of nitrogens with zero attached hydrogens (tertiary/aromatic N) is 4. The Labute approximate surface area is 105 Å². The van der Waals surface area contributed by atoms with E-state index in [2.05, 4.69) is 25.5 Å². The van der Waals surface area contributed by atoms with E-state index in [-0.39, 0.29) is 0 Å². The number of hydrogen-bond acceptors (Lipinski definition) is 6. The highest BCUT2D eigenvalue weighted by molar-refractivity contribution is 5.53. The maximum absolute atomic E-state index is 5.75. The van der Waals surface area contributed by atoms with E-state index in [1.54, 1.807) is 6.20 Å². The van der Waals surface area contributed by atoms with Crippen molar-refractivity contribution in [2.24, 2.45) is 0 Å². The zero-order chi connectivity index (χ0) is 12.4. The number of piperidine rings is 1. The average molecular weight is 245 g/mol. The molecule has 0 unspecified atom stereocenters. The van der Waals surface area contributed by atoms with Crippen molar-refractivity contribution in [3.63, 3.8) is 0 Å². The molecule has 6 heteroatoms. The number of hydrogen-bond donors (Lipinski definition) is 1. The normalized spacial score (nSPS) is 19.9. The summed E-state index contributed by atoms with van der Waals surface area (Å²) in [6.07, 6.45) is 5.47. The molecule has 1 aliphatic rings. The van der Waals surface area contributed by atoms with Crippen molar-refractivity contribution < 1.29 is 4.42 Å². The van der Waals surface area contributed by atoms with E-state index >= 15 is 0 Å². The van der Waals surface area contributed by atoms with Crippen LogP contribution in [-0.4, -0.2) is 33.3 Å². The summed E-state index contributed by atoms with van der Waals surface area (Å²) in [5, 5.41) is 11.6. The van der Waals surface area contributed by atoms with Gasteiger partial charge in [-0.1, -0.05) is 0 Å². The summed E-state index contributed by atoms with van der Waals surface area (Å²) in [4.78, 5) is 8.12. The van der Waals surface area contributed by atoms with Gasteiger partial charge in [0.1, 0.15) is 6.33 Å². The number of aromatic nitrogens is 4. The Morgan fingerprint density at radius 1 is 1.39 bits per heavy atom. The minimum absolute atomic E-state index is 0.324. The first-order valence-electron chi connectivity index (χ1n) is 6.15. The predicted octanol–water partition coefficient (Wildman–Crippen LogP) is 1.30. The molecular formula is C12H15N5O. The second kappa shape index (κ2) is 4.81. The first-order chi connectivity index (χ1) is 8.84. The van der Waals surface area contributed by atoms with E-state index in [0.29, 0.717) is 17.7 Å². The molecule has 0 radical (unpaired) electrons. The van der Waals surface area contributed by atoms with E-state index in [4.69, 9.17) is 4.42 Å². The van der Waals surface area contributed by atoms with Gasteiger partial charge in [-0.05, 0) is 26.3 Å². The Morgan fingerprint density at radius 2 is 2.33 bits per heavy atom. The molecule has 18 heavy (non-hydrogen) atoms. The van der Waals surface area contributed by atoms with Crippen molar-refractivity contribution in [2.45, 2.75) is 25.7 Å². The van der Waals surface area contributed by atoms with Gasteiger partial charge >= 0.3 is 0 Å². The van der Waals surface area contributed by atoms with Crippen LogP contribution in [0.1, 0.15) is 30.3 Å². The summed E-state index contributed by atoms with van der Waals surface area (Å²) in [5.74, 6) is 1.54. The zero-order valence-electron chi connectivity index (χ0n) is 10.3. The van der Waals surface area contributed by atoms with Crippen LogP contribution in [0.2, 0.25) is 0 Å². The highest BCUT2D eigenvalue weighted by atomic mass is 16.4. The molecule has 0 aliphatic carbocycles. The van der Waals surface area contributed by atoms with Crippen molar-refractivity contribution in [2.75, 3.05) is 13.1 Å². The lowest BCUT2D eigenvalue weighted by molar-refractivity contribution is 0.380. The molecule has 1 saturated heterocycles. The second-order valence-electron chi connectivity index (χ2n) is 4.51. The van der Waals surface area contributed by atoms with E-state index < -0.39 is 0 Å². The highest BCUT2D eigenvalue weighted by Crippen LogP contribution is 2.26. The van der Waals surface area contributed by atoms with Crippen LogP contribution in [0.25, 0.3) is 11.5 Å². The second-order valence-corrected chi connectivity index (χ2v) is 4.51. The molecule has 3 heterocycles. The van der Waals surface area contributed by atoms with Gasteiger partial charge in [-0.15, -0.1) is 10.2 Å². The van der Waals surface area contributed by atoms with Gasteiger partial charge in [0.25, 0.3) is 5.89 Å². The fraction of sp³-hybridized carbons (Fsp3) is 0.500. The molecule has 1 fully saturated rings. The molecule has 3 rings (SSSR count). The van der Waals surface area contributed by atoms with Crippen LogP contribution in [0.15, 0.2) is 16.9 Å². The van der Waals surface area contributed by atoms with Crippen molar-refractivity contribution >= 4 is 0 Å². The highest BCUT2D eigenvalue weighted by Gasteiger charge is 2.22. The molecular weight excluding hydrogens is 230 g/mol. The number of nitrogens with one attached hydrogen (secondary N) is 1. The minimum Gasteiger partial charge on any atom is -0.420 e. The van der Waals surface area contributed by atoms with Crippen LogP contribution in [0.4, 0.5) is 0 Å². The SMILES string of the molecule is Cc1ncncc1-c1nnc([C@H]2CCCNC2)o1. The van der Waals surface area contributed by atoms with E-state index in [0.717, 1.165) is 37.2 Å². The van der Waals surface area contributed by atoms with Gasteiger partial charge in [0.2, 0.25) is 5.89 Å². The van der Waals surface area contributed by atoms with Gasteiger partial charge < -0.3 is 9.73 Å². The van der Waals surface area contributed by atoms with E-state index in [9.17, 15) is 0 Å².